The van der Waals surface area contributed by atoms with E-state index in [1.54, 1.807) is 0 Å². The Morgan fingerprint density at radius 3 is 1.36 bits per heavy atom. The zero-order valence-electron chi connectivity index (χ0n) is 7.48. The van der Waals surface area contributed by atoms with Crippen molar-refractivity contribution in [1.29, 1.82) is 0 Å². The van der Waals surface area contributed by atoms with Gasteiger partial charge >= 0.3 is 0 Å². The van der Waals surface area contributed by atoms with Crippen LogP contribution in [0, 0.1) is 10.2 Å². The number of halogens is 1. The first-order valence-electron chi connectivity index (χ1n) is 3.93. The summed E-state index contributed by atoms with van der Waals surface area (Å²) < 4.78 is 34.0. The average molecular weight is 311 g/mol. The van der Waals surface area contributed by atoms with Gasteiger partial charge in [0.1, 0.15) is 0 Å². The fourth-order valence-electron chi connectivity index (χ4n) is 0.874. The van der Waals surface area contributed by atoms with Gasteiger partial charge in [0, 0.05) is 19.5 Å². The van der Waals surface area contributed by atoms with Crippen molar-refractivity contribution in [2.24, 2.45) is 0 Å². The topological polar surface area (TPSA) is 92.2 Å². The Kier molecular flexibility index (Phi) is 11.6. The predicted molar refractivity (Wildman–Crippen MR) is 36.7 cm³/mol. The summed E-state index contributed by atoms with van der Waals surface area (Å²) in [7, 11) is -4.94. The maximum absolute atomic E-state index is 8.49. The van der Waals surface area contributed by atoms with E-state index in [9.17, 15) is 0 Å². The first kappa shape index (κ1) is 16.7. The molecule has 85 valence electrons. The van der Waals surface area contributed by atoms with Gasteiger partial charge in [-0.15, -0.1) is 10.2 Å². The Morgan fingerprint density at radius 1 is 0.786 bits per heavy atom. The fraction of sp³-hybridized carbons (Fsp3) is 0.500. The summed E-state index contributed by atoms with van der Waals surface area (Å²) in [6.45, 7) is 0. The minimum absolute atomic E-state index is 0. The number of hydrogen-bond acceptors (Lipinski definition) is 4. The van der Waals surface area contributed by atoms with Gasteiger partial charge in [-0.1, -0.05) is 24.3 Å². The van der Waals surface area contributed by atoms with Crippen LogP contribution in [0.15, 0.2) is 24.3 Å². The maximum atomic E-state index is 8.49. The minimum atomic E-state index is -4.94. The maximum Gasteiger partial charge on any atom is 0 e. The molecule has 0 atom stereocenters. The molecule has 1 rings (SSSR count). The molecule has 0 aliphatic heterocycles. The summed E-state index contributed by atoms with van der Waals surface area (Å²) in [6, 6.07) is 0. The van der Waals surface area contributed by atoms with Gasteiger partial charge in [-0.2, -0.15) is 0 Å². The Hall–Kier alpha value is 0.233. The Labute approximate surface area is 98.4 Å². The van der Waals surface area contributed by atoms with E-state index in [1.165, 1.54) is 25.7 Å². The van der Waals surface area contributed by atoms with E-state index in [4.69, 9.17) is 18.6 Å². The van der Waals surface area contributed by atoms with Crippen LogP contribution in [-0.2, 0) is 19.5 Å². The third-order valence-electron chi connectivity index (χ3n) is 1.37. The third-order valence-corrected chi connectivity index (χ3v) is 1.37. The largest absolute Gasteiger partial charge is 0.222 e. The molecule has 0 saturated heterocycles. The van der Waals surface area contributed by atoms with Crippen LogP contribution in [0.2, 0.25) is 0 Å². The van der Waals surface area contributed by atoms with Crippen LogP contribution in [-0.4, -0.2) is 0 Å². The molecule has 0 saturated carbocycles. The first-order chi connectivity index (χ1) is 6.00. The molecule has 0 bridgehead atoms. The van der Waals surface area contributed by atoms with Crippen molar-refractivity contribution in [3.05, 3.63) is 24.3 Å². The van der Waals surface area contributed by atoms with Crippen LogP contribution in [0.1, 0.15) is 25.7 Å². The minimum Gasteiger partial charge on any atom is -0.222 e. The van der Waals surface area contributed by atoms with Crippen molar-refractivity contribution in [1.82, 2.24) is 0 Å². The zero-order chi connectivity index (χ0) is 10.2. The van der Waals surface area contributed by atoms with Crippen molar-refractivity contribution in [2.75, 3.05) is 0 Å². The van der Waals surface area contributed by atoms with E-state index in [0.29, 0.717) is 0 Å². The number of allylic oxidation sites excluding steroid dienone is 4. The van der Waals surface area contributed by atoms with Crippen molar-refractivity contribution < 1.29 is 48.4 Å². The molecule has 1 radical (unpaired) electrons. The molecule has 4 nitrogen and oxygen atoms in total. The molecule has 14 heavy (non-hydrogen) atoms. The van der Waals surface area contributed by atoms with Gasteiger partial charge in [-0.25, -0.2) is 18.6 Å². The van der Waals surface area contributed by atoms with E-state index in [1.807, 2.05) is 0 Å². The van der Waals surface area contributed by atoms with E-state index >= 15 is 0 Å². The molecule has 1 aliphatic rings. The van der Waals surface area contributed by atoms with Gasteiger partial charge in [0.25, 0.3) is 0 Å². The molecule has 0 spiro atoms. The molecular weight excluding hydrogens is 298 g/mol. The molecule has 0 heterocycles. The van der Waals surface area contributed by atoms with E-state index < -0.39 is 10.2 Å². The number of hydrogen-bond donors (Lipinski definition) is 0. The normalized spacial score (nSPS) is 15.7. The molecule has 0 fully saturated rings. The zero-order valence-corrected chi connectivity index (χ0v) is 9.88. The van der Waals surface area contributed by atoms with Crippen LogP contribution in [0.5, 0.6) is 0 Å². The fourth-order valence-corrected chi connectivity index (χ4v) is 0.874. The van der Waals surface area contributed by atoms with Crippen molar-refractivity contribution in [3.63, 3.8) is 0 Å². The van der Waals surface area contributed by atoms with Crippen LogP contribution < -0.4 is 18.6 Å². The first-order valence-corrected chi connectivity index (χ1v) is 5.17. The second-order valence-electron chi connectivity index (χ2n) is 2.52. The van der Waals surface area contributed by atoms with Crippen LogP contribution in [0.4, 0.5) is 0 Å². The predicted octanol–water partition coefficient (Wildman–Crippen LogP) is -2.09. The van der Waals surface area contributed by atoms with Crippen LogP contribution in [0.3, 0.4) is 0 Å². The van der Waals surface area contributed by atoms with Gasteiger partial charge in [-0.05, 0) is 25.7 Å². The van der Waals surface area contributed by atoms with E-state index in [0.717, 1.165) is 0 Å². The molecule has 0 aromatic rings. The molecule has 1 aliphatic carbocycles. The van der Waals surface area contributed by atoms with Gasteiger partial charge in [0.05, 0.1) is 0 Å². The average Bonchev–Trinajstić information content (AvgIpc) is 1.79. The summed E-state index contributed by atoms with van der Waals surface area (Å²) in [6.07, 6.45) is 14.0. The van der Waals surface area contributed by atoms with Crippen molar-refractivity contribution in [3.8, 4) is 0 Å². The second-order valence-corrected chi connectivity index (χ2v) is 3.27. The van der Waals surface area contributed by atoms with Gasteiger partial charge in [0.2, 0.25) is 0 Å². The van der Waals surface area contributed by atoms with Gasteiger partial charge in [-0.3, -0.25) is 0 Å². The molecule has 0 unspecified atom stereocenters. The second kappa shape index (κ2) is 9.78. The number of rotatable bonds is 0. The third kappa shape index (κ3) is 22.8. The van der Waals surface area contributed by atoms with Crippen LogP contribution >= 0.6 is 0 Å². The summed E-state index contributed by atoms with van der Waals surface area (Å²) in [5, 5.41) is 0. The summed E-state index contributed by atoms with van der Waals surface area (Å²) in [5.41, 5.74) is 0. The van der Waals surface area contributed by atoms with Gasteiger partial charge in [0.15, 0.2) is 0 Å². The smallest absolute Gasteiger partial charge is 0 e. The quantitative estimate of drug-likeness (QED) is 0.480. The SMILES string of the molecule is C1=CCCCCC=C1.[O-][Cl+3]([O-])([O-])[O-].[Rh]. The summed E-state index contributed by atoms with van der Waals surface area (Å²) in [4.78, 5) is 0. The molecule has 0 aromatic heterocycles. The Balaban J connectivity index is 0. The van der Waals surface area contributed by atoms with Crippen LogP contribution in [0.25, 0.3) is 0 Å². The molecule has 0 aromatic carbocycles. The van der Waals surface area contributed by atoms with Gasteiger partial charge < -0.3 is 0 Å². The Morgan fingerprint density at radius 2 is 1.07 bits per heavy atom. The molecule has 6 heteroatoms. The van der Waals surface area contributed by atoms with Crippen molar-refractivity contribution >= 4 is 0 Å². The molecule has 0 amide bonds. The molecular formula is C8H12ClO4Rh-. The monoisotopic (exact) mass is 310 g/mol. The van der Waals surface area contributed by atoms with Crippen molar-refractivity contribution in [2.45, 2.75) is 25.7 Å². The van der Waals surface area contributed by atoms with E-state index in [-0.39, 0.29) is 19.5 Å². The molecule has 0 N–H and O–H groups in total. The Bertz CT molecular complexity index is 157. The standard InChI is InChI=1S/C8H12.ClHO4.Rh/c1-2-4-6-8-7-5-3-1;2-1(3,4)5;/h1-4H,5-8H2;(H,2,3,4,5);/p-1. The van der Waals surface area contributed by atoms with E-state index in [2.05, 4.69) is 24.3 Å². The summed E-state index contributed by atoms with van der Waals surface area (Å²) in [5.74, 6) is 0. The summed E-state index contributed by atoms with van der Waals surface area (Å²) >= 11 is 0.